The second-order valence-electron chi connectivity index (χ2n) is 19.0. The largest absolute Gasteiger partial charge is 0.375 e. The molecule has 10 rings (SSSR count). The summed E-state index contributed by atoms with van der Waals surface area (Å²) in [6.45, 7) is 3.14. The Bertz CT molecular complexity index is 2870. The number of benzene rings is 4. The van der Waals surface area contributed by atoms with Crippen LogP contribution in [0, 0.1) is 0 Å². The SMILES string of the molecule is CNC(=O)c1cccc(NC(=O)C2NN(C)c3ccc(-c4ccc(N5CCCC5=O)cc4CN4CCC(OC5CCC(c6cccc7c6n(C)c(=O)n7C6CCC(=O)NC6=O)CC5)CC4)cc32)c1. The summed E-state index contributed by atoms with van der Waals surface area (Å²) in [5, 5.41) is 9.90. The van der Waals surface area contributed by atoms with Gasteiger partial charge in [0.15, 0.2) is 0 Å². The third-order valence-corrected chi connectivity index (χ3v) is 14.8. The van der Waals surface area contributed by atoms with Crippen LogP contribution in [-0.2, 0) is 37.5 Å². The standard InChI is InChI=1S/C52H59N9O7/c1-53-49(64)33-7-4-8-35(27-33)54-51(66)47-41-29-32(14-19-42(41)58(3)56-47)39-18-15-36(60-24-6-11-46(60)63)28-34(39)30-59-25-22-38(23-26-59)68-37-16-12-31(13-17-37)40-9-5-10-43-48(40)57(2)52(67)61(43)44-20-21-45(62)55-50(44)65/h4-5,7-10,14-15,18-19,27-29,31,37-38,44,47,56H,6,11-13,16-17,20-26,30H2,1-3H3,(H,53,64)(H,54,66)(H,55,62,65). The van der Waals surface area contributed by atoms with Crippen molar-refractivity contribution >= 4 is 57.6 Å². The molecule has 1 saturated carbocycles. The number of ether oxygens (including phenoxy) is 1. The van der Waals surface area contributed by atoms with Gasteiger partial charge in [-0.15, -0.1) is 0 Å². The Morgan fingerprint density at radius 3 is 2.32 bits per heavy atom. The second-order valence-corrected chi connectivity index (χ2v) is 19.0. The van der Waals surface area contributed by atoms with Crippen molar-refractivity contribution in [2.24, 2.45) is 7.05 Å². The van der Waals surface area contributed by atoms with Crippen LogP contribution in [0.25, 0.3) is 22.2 Å². The molecule has 0 bridgehead atoms. The van der Waals surface area contributed by atoms with Crippen molar-refractivity contribution in [3.63, 3.8) is 0 Å². The smallest absolute Gasteiger partial charge is 0.329 e. The second kappa shape index (κ2) is 18.8. The number of rotatable bonds is 11. The van der Waals surface area contributed by atoms with Crippen molar-refractivity contribution in [2.45, 2.75) is 101 Å². The van der Waals surface area contributed by atoms with Crippen molar-refractivity contribution in [3.05, 3.63) is 112 Å². The zero-order chi connectivity index (χ0) is 47.2. The summed E-state index contributed by atoms with van der Waals surface area (Å²) in [5.41, 5.74) is 12.5. The summed E-state index contributed by atoms with van der Waals surface area (Å²) in [6, 6.07) is 24.0. The van der Waals surface area contributed by atoms with Gasteiger partial charge in [0.05, 0.1) is 28.9 Å². The first kappa shape index (κ1) is 45.2. The fraction of sp³-hybridized carbons (Fsp3) is 0.423. The molecular formula is C52H59N9O7. The molecule has 0 spiro atoms. The average Bonchev–Trinajstić information content (AvgIpc) is 4.01. The molecule has 5 aromatic rings. The predicted molar refractivity (Wildman–Crippen MR) is 259 cm³/mol. The number of nitrogens with one attached hydrogen (secondary N) is 4. The number of nitrogens with zero attached hydrogens (tertiary/aromatic N) is 5. The van der Waals surface area contributed by atoms with Gasteiger partial charge in [0.1, 0.15) is 12.1 Å². The molecular weight excluding hydrogens is 863 g/mol. The van der Waals surface area contributed by atoms with E-state index < -0.39 is 18.0 Å². The summed E-state index contributed by atoms with van der Waals surface area (Å²) in [7, 11) is 5.23. The lowest BCUT2D eigenvalue weighted by molar-refractivity contribution is -0.135. The van der Waals surface area contributed by atoms with Crippen LogP contribution in [0.5, 0.6) is 0 Å². The number of hydrazine groups is 1. The lowest BCUT2D eigenvalue weighted by Gasteiger charge is -2.36. The quantitative estimate of drug-likeness (QED) is 0.118. The van der Waals surface area contributed by atoms with Crippen LogP contribution < -0.4 is 37.0 Å². The van der Waals surface area contributed by atoms with Gasteiger partial charge in [0.25, 0.3) is 5.91 Å². The van der Waals surface area contributed by atoms with Crippen molar-refractivity contribution in [1.29, 1.82) is 0 Å². The Labute approximate surface area is 394 Å². The van der Waals surface area contributed by atoms with Gasteiger partial charge in [0, 0.05) is 82.7 Å². The third kappa shape index (κ3) is 8.72. The molecule has 5 aliphatic rings. The van der Waals surface area contributed by atoms with Gasteiger partial charge in [-0.25, -0.2) is 10.2 Å². The molecule has 4 N–H and O–H groups in total. The molecule has 4 aromatic carbocycles. The molecule has 354 valence electrons. The lowest BCUT2D eigenvalue weighted by Crippen LogP contribution is -2.44. The minimum absolute atomic E-state index is 0.142. The fourth-order valence-electron chi connectivity index (χ4n) is 11.2. The molecule has 1 aliphatic carbocycles. The number of piperidine rings is 2. The molecule has 5 heterocycles. The molecule has 0 radical (unpaired) electrons. The first-order valence-electron chi connectivity index (χ1n) is 24.1. The number of hydrogen-bond donors (Lipinski definition) is 4. The zero-order valence-electron chi connectivity index (χ0n) is 38.9. The Kier molecular flexibility index (Phi) is 12.5. The minimum atomic E-state index is -0.711. The number of anilines is 3. The first-order valence-corrected chi connectivity index (χ1v) is 24.1. The van der Waals surface area contributed by atoms with Crippen molar-refractivity contribution in [3.8, 4) is 11.1 Å². The van der Waals surface area contributed by atoms with Crippen LogP contribution in [0.4, 0.5) is 17.1 Å². The molecule has 16 nitrogen and oxygen atoms in total. The fourth-order valence-corrected chi connectivity index (χ4v) is 11.2. The van der Waals surface area contributed by atoms with E-state index in [1.54, 1.807) is 47.5 Å². The molecule has 2 unspecified atom stereocenters. The van der Waals surface area contributed by atoms with E-state index in [-0.39, 0.29) is 53.9 Å². The molecule has 68 heavy (non-hydrogen) atoms. The molecule has 3 saturated heterocycles. The van der Waals surface area contributed by atoms with E-state index in [4.69, 9.17) is 4.74 Å². The summed E-state index contributed by atoms with van der Waals surface area (Å²) in [5.74, 6) is -0.806. The van der Waals surface area contributed by atoms with Gasteiger partial charge < -0.3 is 25.3 Å². The highest BCUT2D eigenvalue weighted by atomic mass is 16.5. The van der Waals surface area contributed by atoms with E-state index in [9.17, 15) is 28.8 Å². The van der Waals surface area contributed by atoms with Gasteiger partial charge in [-0.1, -0.05) is 30.3 Å². The van der Waals surface area contributed by atoms with Gasteiger partial charge in [-0.05, 0) is 128 Å². The maximum atomic E-state index is 13.8. The van der Waals surface area contributed by atoms with E-state index in [0.717, 1.165) is 108 Å². The maximum Gasteiger partial charge on any atom is 0.329 e. The average molecular weight is 922 g/mol. The summed E-state index contributed by atoms with van der Waals surface area (Å²) in [4.78, 5) is 81.7. The van der Waals surface area contributed by atoms with E-state index in [1.807, 2.05) is 41.2 Å². The number of aromatic nitrogens is 2. The van der Waals surface area contributed by atoms with Crippen LogP contribution in [0.1, 0.15) is 109 Å². The summed E-state index contributed by atoms with van der Waals surface area (Å²) < 4.78 is 10.0. The summed E-state index contributed by atoms with van der Waals surface area (Å²) >= 11 is 0. The van der Waals surface area contributed by atoms with Gasteiger partial charge in [-0.2, -0.15) is 0 Å². The number of aryl methyl sites for hydroxylation is 1. The first-order chi connectivity index (χ1) is 32.9. The van der Waals surface area contributed by atoms with E-state index in [1.165, 1.54) is 0 Å². The van der Waals surface area contributed by atoms with E-state index in [0.29, 0.717) is 37.2 Å². The Balaban J connectivity index is 0.804. The maximum absolute atomic E-state index is 13.8. The number of para-hydroxylation sites is 1. The third-order valence-electron chi connectivity index (χ3n) is 14.8. The molecule has 2 atom stereocenters. The Morgan fingerprint density at radius 1 is 0.794 bits per heavy atom. The number of imidazole rings is 1. The van der Waals surface area contributed by atoms with Gasteiger partial charge >= 0.3 is 5.69 Å². The van der Waals surface area contributed by atoms with Crippen LogP contribution >= 0.6 is 0 Å². The number of amides is 5. The summed E-state index contributed by atoms with van der Waals surface area (Å²) in [6.07, 6.45) is 7.76. The molecule has 4 aliphatic heterocycles. The number of imide groups is 1. The normalized spacial score (nSPS) is 22.4. The highest BCUT2D eigenvalue weighted by Crippen LogP contribution is 2.41. The van der Waals surface area contributed by atoms with Gasteiger partial charge in [0.2, 0.25) is 23.6 Å². The topological polar surface area (TPSA) is 179 Å². The molecule has 16 heteroatoms. The zero-order valence-corrected chi connectivity index (χ0v) is 38.9. The number of likely N-dealkylation sites (tertiary alicyclic amines) is 1. The van der Waals surface area contributed by atoms with E-state index >= 15 is 0 Å². The van der Waals surface area contributed by atoms with Crippen LogP contribution in [0.2, 0.25) is 0 Å². The monoisotopic (exact) mass is 921 g/mol. The Hall–Kier alpha value is -6.62. The van der Waals surface area contributed by atoms with Crippen LogP contribution in [0.3, 0.4) is 0 Å². The number of fused-ring (bicyclic) bond motifs is 2. The number of carbonyl (C=O) groups is 5. The number of hydrogen-bond acceptors (Lipinski definition) is 10. The van der Waals surface area contributed by atoms with E-state index in [2.05, 4.69) is 56.6 Å². The van der Waals surface area contributed by atoms with Gasteiger partial charge in [-0.3, -0.25) is 43.3 Å². The minimum Gasteiger partial charge on any atom is -0.375 e. The lowest BCUT2D eigenvalue weighted by atomic mass is 9.82. The van der Waals surface area contributed by atoms with Crippen molar-refractivity contribution in [2.75, 3.05) is 49.0 Å². The molecule has 4 fully saturated rings. The van der Waals surface area contributed by atoms with Crippen molar-refractivity contribution < 1.29 is 28.7 Å². The van der Waals surface area contributed by atoms with Crippen molar-refractivity contribution in [1.82, 2.24) is 30.1 Å². The van der Waals surface area contributed by atoms with Crippen LogP contribution in [-0.4, -0.2) is 89.5 Å². The predicted octanol–water partition coefficient (Wildman–Crippen LogP) is 5.81. The highest BCUT2D eigenvalue weighted by molar-refractivity contribution is 6.01. The highest BCUT2D eigenvalue weighted by Gasteiger charge is 2.35. The molecule has 1 aromatic heterocycles. The Morgan fingerprint density at radius 2 is 1.57 bits per heavy atom. The number of carbonyl (C=O) groups excluding carboxylic acids is 5. The molecule has 5 amide bonds. The van der Waals surface area contributed by atoms with Crippen LogP contribution in [0.15, 0.2) is 83.7 Å².